The first-order valence-corrected chi connectivity index (χ1v) is 5.54. The van der Waals surface area contributed by atoms with E-state index in [1.165, 1.54) is 24.4 Å². The SMILES string of the molecule is N#CC(=CNc1ccc([N+](=O)[O-])c(Cl)c1)c1nn[nH]n1. The summed E-state index contributed by atoms with van der Waals surface area (Å²) in [5, 5.41) is 35.2. The van der Waals surface area contributed by atoms with E-state index in [4.69, 9.17) is 16.9 Å². The number of hydrogen-bond acceptors (Lipinski definition) is 7. The Hall–Kier alpha value is -2.99. The summed E-state index contributed by atoms with van der Waals surface area (Å²) < 4.78 is 0. The maximum absolute atomic E-state index is 10.6. The minimum absolute atomic E-state index is 0.00790. The van der Waals surface area contributed by atoms with E-state index >= 15 is 0 Å². The van der Waals surface area contributed by atoms with Gasteiger partial charge in [-0.3, -0.25) is 10.1 Å². The molecule has 0 bridgehead atoms. The first-order chi connectivity index (χ1) is 9.61. The number of nitrogens with one attached hydrogen (secondary N) is 2. The highest BCUT2D eigenvalue weighted by Crippen LogP contribution is 2.27. The van der Waals surface area contributed by atoms with E-state index in [9.17, 15) is 10.1 Å². The third-order valence-electron chi connectivity index (χ3n) is 2.23. The molecule has 0 unspecified atom stereocenters. The zero-order valence-electron chi connectivity index (χ0n) is 9.74. The molecule has 2 aromatic rings. The zero-order chi connectivity index (χ0) is 14.5. The summed E-state index contributed by atoms with van der Waals surface area (Å²) in [7, 11) is 0. The van der Waals surface area contributed by atoms with Crippen LogP contribution in [0.25, 0.3) is 5.57 Å². The lowest BCUT2D eigenvalue weighted by atomic mass is 10.2. The van der Waals surface area contributed by atoms with Crippen LogP contribution in [0, 0.1) is 21.4 Å². The molecule has 1 heterocycles. The van der Waals surface area contributed by atoms with Crippen molar-refractivity contribution < 1.29 is 4.92 Å². The van der Waals surface area contributed by atoms with Crippen LogP contribution in [0.4, 0.5) is 11.4 Å². The van der Waals surface area contributed by atoms with Gasteiger partial charge in [0, 0.05) is 18.0 Å². The first kappa shape index (κ1) is 13.4. The Morgan fingerprint density at radius 1 is 1.60 bits per heavy atom. The van der Waals surface area contributed by atoms with Crippen molar-refractivity contribution in [2.45, 2.75) is 0 Å². The molecule has 10 heteroatoms. The number of aromatic nitrogens is 4. The van der Waals surface area contributed by atoms with E-state index in [1.54, 1.807) is 0 Å². The molecule has 0 aliphatic rings. The molecule has 0 fully saturated rings. The Labute approximate surface area is 117 Å². The Bertz CT molecular complexity index is 705. The van der Waals surface area contributed by atoms with Crippen molar-refractivity contribution in [2.24, 2.45) is 0 Å². The second kappa shape index (κ2) is 5.77. The number of H-pyrrole nitrogens is 1. The van der Waals surface area contributed by atoms with Crippen LogP contribution in [-0.2, 0) is 0 Å². The molecular weight excluding hydrogens is 286 g/mol. The van der Waals surface area contributed by atoms with Gasteiger partial charge < -0.3 is 5.32 Å². The van der Waals surface area contributed by atoms with Crippen molar-refractivity contribution in [1.29, 1.82) is 5.26 Å². The number of nitro benzene ring substituents is 1. The largest absolute Gasteiger partial charge is 0.360 e. The minimum atomic E-state index is -0.581. The van der Waals surface area contributed by atoms with Gasteiger partial charge in [0.05, 0.1) is 4.92 Å². The van der Waals surface area contributed by atoms with Crippen LogP contribution in [0.3, 0.4) is 0 Å². The maximum atomic E-state index is 10.6. The molecule has 0 atom stereocenters. The highest BCUT2D eigenvalue weighted by Gasteiger charge is 2.12. The van der Waals surface area contributed by atoms with E-state index in [1.807, 2.05) is 6.07 Å². The second-order valence-corrected chi connectivity index (χ2v) is 3.88. The van der Waals surface area contributed by atoms with Crippen molar-refractivity contribution in [3.8, 4) is 6.07 Å². The van der Waals surface area contributed by atoms with E-state index in [0.717, 1.165) is 0 Å². The number of nitro groups is 1. The molecule has 100 valence electrons. The Balaban J connectivity index is 2.21. The average molecular weight is 292 g/mol. The van der Waals surface area contributed by atoms with Crippen LogP contribution in [0.5, 0.6) is 0 Å². The summed E-state index contributed by atoms with van der Waals surface area (Å²) in [6.45, 7) is 0. The molecule has 0 saturated carbocycles. The zero-order valence-corrected chi connectivity index (χ0v) is 10.5. The van der Waals surface area contributed by atoms with Crippen LogP contribution < -0.4 is 5.32 Å². The van der Waals surface area contributed by atoms with Gasteiger partial charge in [0.25, 0.3) is 5.69 Å². The number of allylic oxidation sites excluding steroid dienone is 1. The number of aromatic amines is 1. The molecule has 2 N–H and O–H groups in total. The van der Waals surface area contributed by atoms with Gasteiger partial charge in [-0.25, -0.2) is 0 Å². The van der Waals surface area contributed by atoms with Crippen molar-refractivity contribution in [3.05, 3.63) is 45.4 Å². The van der Waals surface area contributed by atoms with Crippen LogP contribution in [-0.4, -0.2) is 25.5 Å². The highest BCUT2D eigenvalue weighted by atomic mass is 35.5. The van der Waals surface area contributed by atoms with Gasteiger partial charge in [-0.15, -0.1) is 10.2 Å². The quantitative estimate of drug-likeness (QED) is 0.497. The summed E-state index contributed by atoms with van der Waals surface area (Å²) in [5.41, 5.74) is 0.435. The number of hydrogen-bond donors (Lipinski definition) is 2. The lowest BCUT2D eigenvalue weighted by molar-refractivity contribution is -0.384. The summed E-state index contributed by atoms with van der Waals surface area (Å²) in [4.78, 5) is 10.0. The molecule has 9 nitrogen and oxygen atoms in total. The predicted octanol–water partition coefficient (Wildman–Crippen LogP) is 1.74. The monoisotopic (exact) mass is 291 g/mol. The van der Waals surface area contributed by atoms with Crippen LogP contribution in [0.2, 0.25) is 5.02 Å². The molecule has 2 rings (SSSR count). The Kier molecular flexibility index (Phi) is 3.88. The first-order valence-electron chi connectivity index (χ1n) is 5.16. The van der Waals surface area contributed by atoms with Gasteiger partial charge >= 0.3 is 0 Å². The summed E-state index contributed by atoms with van der Waals surface area (Å²) >= 11 is 5.77. The van der Waals surface area contributed by atoms with Crippen LogP contribution in [0.15, 0.2) is 24.4 Å². The van der Waals surface area contributed by atoms with Crippen LogP contribution in [0.1, 0.15) is 5.82 Å². The number of nitrogens with zero attached hydrogens (tertiary/aromatic N) is 5. The minimum Gasteiger partial charge on any atom is -0.360 e. The van der Waals surface area contributed by atoms with E-state index in [-0.39, 0.29) is 22.1 Å². The number of halogens is 1. The Morgan fingerprint density at radius 3 is 2.95 bits per heavy atom. The molecule has 0 amide bonds. The fourth-order valence-corrected chi connectivity index (χ4v) is 1.57. The van der Waals surface area contributed by atoms with Gasteiger partial charge in [-0.2, -0.15) is 10.5 Å². The highest BCUT2D eigenvalue weighted by molar-refractivity contribution is 6.32. The summed E-state index contributed by atoms with van der Waals surface area (Å²) in [6, 6.07) is 5.99. The third kappa shape index (κ3) is 2.88. The Morgan fingerprint density at radius 2 is 2.40 bits per heavy atom. The van der Waals surface area contributed by atoms with Crippen molar-refractivity contribution >= 4 is 28.5 Å². The summed E-state index contributed by atoms with van der Waals surface area (Å²) in [6.07, 6.45) is 1.35. The van der Waals surface area contributed by atoms with Crippen molar-refractivity contribution in [1.82, 2.24) is 20.6 Å². The van der Waals surface area contributed by atoms with E-state index in [2.05, 4.69) is 25.9 Å². The molecule has 1 aromatic carbocycles. The van der Waals surface area contributed by atoms with E-state index < -0.39 is 4.92 Å². The molecule has 0 aliphatic carbocycles. The molecule has 0 radical (unpaired) electrons. The molecule has 0 saturated heterocycles. The third-order valence-corrected chi connectivity index (χ3v) is 2.54. The smallest absolute Gasteiger partial charge is 0.288 e. The van der Waals surface area contributed by atoms with E-state index in [0.29, 0.717) is 5.69 Å². The average Bonchev–Trinajstić information content (AvgIpc) is 2.93. The van der Waals surface area contributed by atoms with Gasteiger partial charge in [0.2, 0.25) is 5.82 Å². The van der Waals surface area contributed by atoms with Gasteiger partial charge in [-0.05, 0) is 17.3 Å². The van der Waals surface area contributed by atoms with Crippen molar-refractivity contribution in [3.63, 3.8) is 0 Å². The molecular formula is C10H6ClN7O2. The maximum Gasteiger partial charge on any atom is 0.288 e. The topological polar surface area (TPSA) is 133 Å². The van der Waals surface area contributed by atoms with Crippen molar-refractivity contribution in [2.75, 3.05) is 5.32 Å². The number of tetrazole rings is 1. The standard InChI is InChI=1S/C10H6ClN7O2/c11-8-3-7(1-2-9(8)18(19)20)13-5-6(4-12)10-14-16-17-15-10/h1-3,5,13H,(H,14,15,16,17). The predicted molar refractivity (Wildman–Crippen MR) is 69.5 cm³/mol. The van der Waals surface area contributed by atoms with Gasteiger partial charge in [0.1, 0.15) is 16.7 Å². The fourth-order valence-electron chi connectivity index (χ4n) is 1.32. The lowest BCUT2D eigenvalue weighted by Crippen LogP contribution is -1.94. The lowest BCUT2D eigenvalue weighted by Gasteiger charge is -2.02. The summed E-state index contributed by atoms with van der Waals surface area (Å²) in [5.74, 6) is 0.132. The number of rotatable bonds is 4. The van der Waals surface area contributed by atoms with Gasteiger partial charge in [0.15, 0.2) is 0 Å². The van der Waals surface area contributed by atoms with Crippen LogP contribution >= 0.6 is 11.6 Å². The molecule has 1 aromatic heterocycles. The fraction of sp³-hybridized carbons (Fsp3) is 0. The van der Waals surface area contributed by atoms with Gasteiger partial charge in [-0.1, -0.05) is 11.6 Å². The normalized spacial score (nSPS) is 10.9. The molecule has 20 heavy (non-hydrogen) atoms. The second-order valence-electron chi connectivity index (χ2n) is 3.47. The number of benzene rings is 1. The molecule has 0 aliphatic heterocycles. The molecule has 0 spiro atoms. The number of nitriles is 1. The number of anilines is 1.